The number of nitrogens with one attached hydrogen (secondary N) is 1. The predicted molar refractivity (Wildman–Crippen MR) is 79.8 cm³/mol. The average molecular weight is 294 g/mol. The topological polar surface area (TPSA) is 90.1 Å². The lowest BCUT2D eigenvalue weighted by Gasteiger charge is -2.06. The molecule has 0 amide bonds. The smallest absolute Gasteiger partial charge is 0.348 e. The standard InChI is InChI=1S/C13H18N4O2S/c1-6(2)5-19-13(18)10-7(3)9-11(17-14)15-8(4)16-12(9)20-10/h6H,5,14H2,1-4H3,(H,15,16,17). The molecule has 7 heteroatoms. The lowest BCUT2D eigenvalue weighted by atomic mass is 10.2. The molecule has 2 aromatic rings. The van der Waals surface area contributed by atoms with Crippen molar-refractivity contribution >= 4 is 33.3 Å². The molecule has 0 fully saturated rings. The molecule has 3 N–H and O–H groups in total. The van der Waals surface area contributed by atoms with Crippen molar-refractivity contribution in [1.29, 1.82) is 0 Å². The molecule has 0 spiro atoms. The van der Waals surface area contributed by atoms with Gasteiger partial charge in [-0.2, -0.15) is 0 Å². The third-order valence-electron chi connectivity index (χ3n) is 2.77. The lowest BCUT2D eigenvalue weighted by Crippen LogP contribution is -2.11. The van der Waals surface area contributed by atoms with Gasteiger partial charge in [0.15, 0.2) is 5.82 Å². The van der Waals surface area contributed by atoms with Gasteiger partial charge in [-0.05, 0) is 25.3 Å². The van der Waals surface area contributed by atoms with Crippen LogP contribution in [0, 0.1) is 19.8 Å². The van der Waals surface area contributed by atoms with Crippen LogP contribution in [0.15, 0.2) is 0 Å². The number of nitrogen functional groups attached to an aromatic ring is 1. The molecular weight excluding hydrogens is 276 g/mol. The van der Waals surface area contributed by atoms with Crippen LogP contribution < -0.4 is 11.3 Å². The fourth-order valence-corrected chi connectivity index (χ4v) is 2.97. The molecule has 0 aliphatic heterocycles. The van der Waals surface area contributed by atoms with Gasteiger partial charge in [0, 0.05) is 0 Å². The molecular formula is C13H18N4O2S. The predicted octanol–water partition coefficient (Wildman–Crippen LogP) is 2.41. The van der Waals surface area contributed by atoms with E-state index in [9.17, 15) is 4.79 Å². The van der Waals surface area contributed by atoms with Crippen LogP contribution in [0.4, 0.5) is 5.82 Å². The first kappa shape index (κ1) is 14.7. The molecule has 0 saturated carbocycles. The Morgan fingerprint density at radius 2 is 2.10 bits per heavy atom. The number of esters is 1. The minimum atomic E-state index is -0.320. The van der Waals surface area contributed by atoms with Crippen molar-refractivity contribution in [3.8, 4) is 0 Å². The van der Waals surface area contributed by atoms with E-state index >= 15 is 0 Å². The van der Waals surface area contributed by atoms with Crippen LogP contribution in [0.25, 0.3) is 10.2 Å². The third kappa shape index (κ3) is 2.73. The van der Waals surface area contributed by atoms with Crippen molar-refractivity contribution in [2.75, 3.05) is 12.0 Å². The molecule has 0 radical (unpaired) electrons. The van der Waals surface area contributed by atoms with Gasteiger partial charge in [0.1, 0.15) is 15.5 Å². The Balaban J connectivity index is 2.46. The molecule has 0 unspecified atom stereocenters. The number of aromatic nitrogens is 2. The van der Waals surface area contributed by atoms with Gasteiger partial charge in [-0.1, -0.05) is 13.8 Å². The van der Waals surface area contributed by atoms with E-state index in [4.69, 9.17) is 10.6 Å². The Labute approximate surface area is 121 Å². The molecule has 2 rings (SSSR count). The molecule has 0 aromatic carbocycles. The van der Waals surface area contributed by atoms with Crippen LogP contribution in [0.1, 0.15) is 34.9 Å². The first-order chi connectivity index (χ1) is 9.43. The van der Waals surface area contributed by atoms with Crippen molar-refractivity contribution in [1.82, 2.24) is 9.97 Å². The van der Waals surface area contributed by atoms with E-state index in [2.05, 4.69) is 15.4 Å². The lowest BCUT2D eigenvalue weighted by molar-refractivity contribution is 0.0464. The summed E-state index contributed by atoms with van der Waals surface area (Å²) >= 11 is 1.31. The van der Waals surface area contributed by atoms with E-state index in [-0.39, 0.29) is 5.97 Å². The number of hydrazine groups is 1. The SMILES string of the molecule is Cc1nc(NN)c2c(C)c(C(=O)OCC(C)C)sc2n1. The van der Waals surface area contributed by atoms with Crippen molar-refractivity contribution in [3.63, 3.8) is 0 Å². The summed E-state index contributed by atoms with van der Waals surface area (Å²) in [5.41, 5.74) is 3.36. The highest BCUT2D eigenvalue weighted by Gasteiger charge is 2.21. The van der Waals surface area contributed by atoms with Gasteiger partial charge in [0.2, 0.25) is 0 Å². The highest BCUT2D eigenvalue weighted by Crippen LogP contribution is 2.33. The van der Waals surface area contributed by atoms with Crippen LogP contribution in [0.2, 0.25) is 0 Å². The summed E-state index contributed by atoms with van der Waals surface area (Å²) in [4.78, 5) is 22.0. The number of nitrogens with zero attached hydrogens (tertiary/aromatic N) is 2. The monoisotopic (exact) mass is 294 g/mol. The Morgan fingerprint density at radius 3 is 2.70 bits per heavy atom. The summed E-state index contributed by atoms with van der Waals surface area (Å²) in [6.45, 7) is 8.03. The minimum Gasteiger partial charge on any atom is -0.461 e. The number of carbonyl (C=O) groups is 1. The van der Waals surface area contributed by atoms with E-state index in [1.807, 2.05) is 20.8 Å². The molecule has 0 saturated heterocycles. The zero-order valence-corrected chi connectivity index (χ0v) is 12.8. The zero-order chi connectivity index (χ0) is 14.9. The number of hydrogen-bond acceptors (Lipinski definition) is 7. The summed E-state index contributed by atoms with van der Waals surface area (Å²) in [6, 6.07) is 0. The first-order valence-corrected chi connectivity index (χ1v) is 7.17. The molecule has 2 aromatic heterocycles. The summed E-state index contributed by atoms with van der Waals surface area (Å²) in [7, 11) is 0. The van der Waals surface area contributed by atoms with E-state index in [0.29, 0.717) is 29.0 Å². The van der Waals surface area contributed by atoms with Gasteiger partial charge in [0.25, 0.3) is 0 Å². The maximum atomic E-state index is 12.1. The number of thiophene rings is 1. The van der Waals surface area contributed by atoms with Crippen molar-refractivity contribution in [2.24, 2.45) is 11.8 Å². The van der Waals surface area contributed by atoms with Crippen molar-refractivity contribution < 1.29 is 9.53 Å². The molecule has 20 heavy (non-hydrogen) atoms. The number of carbonyl (C=O) groups excluding carboxylic acids is 1. The summed E-state index contributed by atoms with van der Waals surface area (Å²) in [5.74, 6) is 6.61. The molecule has 2 heterocycles. The molecule has 0 bridgehead atoms. The van der Waals surface area contributed by atoms with Crippen molar-refractivity contribution in [3.05, 3.63) is 16.3 Å². The highest BCUT2D eigenvalue weighted by atomic mass is 32.1. The van der Waals surface area contributed by atoms with E-state index < -0.39 is 0 Å². The second-order valence-corrected chi connectivity index (χ2v) is 5.99. The fraction of sp³-hybridized carbons (Fsp3) is 0.462. The number of rotatable bonds is 4. The number of ether oxygens (including phenoxy) is 1. The van der Waals surface area contributed by atoms with Gasteiger partial charge in [-0.25, -0.2) is 20.6 Å². The first-order valence-electron chi connectivity index (χ1n) is 6.35. The largest absolute Gasteiger partial charge is 0.461 e. The van der Waals surface area contributed by atoms with Crippen LogP contribution in [0.3, 0.4) is 0 Å². The second-order valence-electron chi connectivity index (χ2n) is 4.99. The van der Waals surface area contributed by atoms with E-state index in [1.165, 1.54) is 11.3 Å². The minimum absolute atomic E-state index is 0.303. The Morgan fingerprint density at radius 1 is 1.40 bits per heavy atom. The summed E-state index contributed by atoms with van der Waals surface area (Å²) in [5, 5.41) is 0.777. The van der Waals surface area contributed by atoms with Gasteiger partial charge >= 0.3 is 5.97 Å². The Bertz CT molecular complexity index is 651. The number of aryl methyl sites for hydroxylation is 2. The number of anilines is 1. The second kappa shape index (κ2) is 5.72. The third-order valence-corrected chi connectivity index (χ3v) is 3.94. The molecule has 6 nitrogen and oxygen atoms in total. The van der Waals surface area contributed by atoms with Crippen molar-refractivity contribution in [2.45, 2.75) is 27.7 Å². The number of hydrogen-bond donors (Lipinski definition) is 2. The van der Waals surface area contributed by atoms with E-state index in [1.54, 1.807) is 6.92 Å². The van der Waals surface area contributed by atoms with E-state index in [0.717, 1.165) is 15.8 Å². The maximum absolute atomic E-state index is 12.1. The Kier molecular flexibility index (Phi) is 4.20. The average Bonchev–Trinajstić information content (AvgIpc) is 2.72. The number of fused-ring (bicyclic) bond motifs is 1. The van der Waals surface area contributed by atoms with Crippen LogP contribution in [0.5, 0.6) is 0 Å². The van der Waals surface area contributed by atoms with Gasteiger partial charge in [-0.3, -0.25) is 0 Å². The quantitative estimate of drug-likeness (QED) is 0.511. The molecule has 108 valence electrons. The summed E-state index contributed by atoms with van der Waals surface area (Å²) in [6.07, 6.45) is 0. The maximum Gasteiger partial charge on any atom is 0.348 e. The van der Waals surface area contributed by atoms with Crippen LogP contribution in [-0.4, -0.2) is 22.5 Å². The zero-order valence-electron chi connectivity index (χ0n) is 12.0. The highest BCUT2D eigenvalue weighted by molar-refractivity contribution is 7.20. The molecule has 0 aliphatic carbocycles. The van der Waals surface area contributed by atoms with Crippen LogP contribution >= 0.6 is 11.3 Å². The Hall–Kier alpha value is -1.73. The van der Waals surface area contributed by atoms with Crippen LogP contribution in [-0.2, 0) is 4.74 Å². The van der Waals surface area contributed by atoms with Gasteiger partial charge in [-0.15, -0.1) is 11.3 Å². The normalized spacial score (nSPS) is 11.1. The number of nitrogens with two attached hydrogens (primary N) is 1. The van der Waals surface area contributed by atoms with Gasteiger partial charge < -0.3 is 10.2 Å². The fourth-order valence-electron chi connectivity index (χ4n) is 1.85. The summed E-state index contributed by atoms with van der Waals surface area (Å²) < 4.78 is 5.28. The molecule has 0 atom stereocenters. The molecule has 0 aliphatic rings. The van der Waals surface area contributed by atoms with Gasteiger partial charge in [0.05, 0.1) is 12.0 Å².